The summed E-state index contributed by atoms with van der Waals surface area (Å²) in [6.45, 7) is 0. The third-order valence-corrected chi connectivity index (χ3v) is 2.52. The molecule has 90 valence electrons. The van der Waals surface area contributed by atoms with Crippen molar-refractivity contribution in [1.82, 2.24) is 0 Å². The average Bonchev–Trinajstić information content (AvgIpc) is 2.10. The molecule has 0 nitrogen and oxygen atoms in total. The molecule has 1 aromatic rings. The van der Waals surface area contributed by atoms with Gasteiger partial charge < -0.3 is 0 Å². The van der Waals surface area contributed by atoms with Gasteiger partial charge in [-0.15, -0.1) is 0 Å². The van der Waals surface area contributed by atoms with Crippen molar-refractivity contribution >= 4 is 23.2 Å². The van der Waals surface area contributed by atoms with Crippen LogP contribution in [0.1, 0.15) is 5.56 Å². The second-order valence-electron chi connectivity index (χ2n) is 2.79. The fourth-order valence-electron chi connectivity index (χ4n) is 0.957. The van der Waals surface area contributed by atoms with Crippen LogP contribution in [0.5, 0.6) is 0 Å². The van der Waals surface area contributed by atoms with E-state index in [0.29, 0.717) is 12.1 Å². The van der Waals surface area contributed by atoms with E-state index >= 15 is 0 Å². The molecule has 0 aliphatic heterocycles. The highest BCUT2D eigenvalue weighted by molar-refractivity contribution is 6.48. The van der Waals surface area contributed by atoms with Crippen LogP contribution in [0.25, 0.3) is 0 Å². The summed E-state index contributed by atoms with van der Waals surface area (Å²) in [4.78, 5) is 0. The zero-order valence-electron chi connectivity index (χ0n) is 7.18. The quantitative estimate of drug-likeness (QED) is 0.409. The molecule has 0 amide bonds. The van der Waals surface area contributed by atoms with Crippen LogP contribution in [0.3, 0.4) is 0 Å². The highest BCUT2D eigenvalue weighted by atomic mass is 35.5. The van der Waals surface area contributed by atoms with E-state index < -0.39 is 33.5 Å². The van der Waals surface area contributed by atoms with Gasteiger partial charge in [0.2, 0.25) is 4.33 Å². The zero-order valence-corrected chi connectivity index (χ0v) is 8.69. The average molecular weight is 283 g/mol. The summed E-state index contributed by atoms with van der Waals surface area (Å²) in [7, 11) is 0. The lowest BCUT2D eigenvalue weighted by Gasteiger charge is -2.24. The van der Waals surface area contributed by atoms with Crippen LogP contribution >= 0.6 is 23.2 Å². The van der Waals surface area contributed by atoms with Crippen molar-refractivity contribution in [2.24, 2.45) is 0 Å². The normalized spacial score (nSPS) is 13.0. The minimum absolute atomic E-state index is 0.305. The predicted molar refractivity (Wildman–Crippen MR) is 45.8 cm³/mol. The van der Waals surface area contributed by atoms with Gasteiger partial charge in [-0.2, -0.15) is 13.2 Å². The van der Waals surface area contributed by atoms with Crippen LogP contribution in [0.2, 0.25) is 0 Å². The maximum Gasteiger partial charge on any atom is 0.425 e. The molecule has 8 heteroatoms. The summed E-state index contributed by atoms with van der Waals surface area (Å²) >= 11 is 9.63. The summed E-state index contributed by atoms with van der Waals surface area (Å²) in [5, 5.41) is 0. The van der Waals surface area contributed by atoms with Gasteiger partial charge in [-0.25, -0.2) is 13.2 Å². The van der Waals surface area contributed by atoms with Gasteiger partial charge in [0.15, 0.2) is 11.6 Å². The molecule has 0 fully saturated rings. The molecule has 1 aromatic carbocycles. The Morgan fingerprint density at radius 2 is 1.31 bits per heavy atom. The highest BCUT2D eigenvalue weighted by Gasteiger charge is 2.57. The van der Waals surface area contributed by atoms with E-state index in [1.54, 1.807) is 0 Å². The molecule has 0 saturated carbocycles. The van der Waals surface area contributed by atoms with E-state index in [2.05, 4.69) is 0 Å². The van der Waals surface area contributed by atoms with Crippen molar-refractivity contribution in [3.8, 4) is 0 Å². The van der Waals surface area contributed by atoms with Crippen molar-refractivity contribution in [3.05, 3.63) is 35.1 Å². The molecule has 0 unspecified atom stereocenters. The van der Waals surface area contributed by atoms with E-state index in [0.717, 1.165) is 0 Å². The van der Waals surface area contributed by atoms with Crippen LogP contribution in [0.15, 0.2) is 12.1 Å². The maximum atomic E-state index is 13.0. The lowest BCUT2D eigenvalue weighted by molar-refractivity contribution is -0.144. The molecular weight excluding hydrogens is 281 g/mol. The number of hydrogen-bond acceptors (Lipinski definition) is 0. The van der Waals surface area contributed by atoms with Crippen LogP contribution in [-0.2, 0) is 4.33 Å². The Kier molecular flexibility index (Phi) is 3.36. The van der Waals surface area contributed by atoms with E-state index in [1.807, 2.05) is 0 Å². The van der Waals surface area contributed by atoms with Crippen molar-refractivity contribution < 1.29 is 26.3 Å². The summed E-state index contributed by atoms with van der Waals surface area (Å²) in [6.07, 6.45) is -5.34. The summed E-state index contributed by atoms with van der Waals surface area (Å²) in [5.74, 6) is -5.42. The van der Waals surface area contributed by atoms with E-state index in [4.69, 9.17) is 23.2 Å². The number of halogens is 8. The Labute approximate surface area is 95.8 Å². The lowest BCUT2D eigenvalue weighted by atomic mass is 10.1. The van der Waals surface area contributed by atoms with Gasteiger partial charge >= 0.3 is 6.18 Å². The van der Waals surface area contributed by atoms with Crippen LogP contribution in [-0.4, -0.2) is 6.18 Å². The van der Waals surface area contributed by atoms with Crippen molar-refractivity contribution in [2.45, 2.75) is 10.5 Å². The first-order chi connectivity index (χ1) is 7.09. The fourth-order valence-corrected chi connectivity index (χ4v) is 1.30. The molecular formula is C8H2Cl2F6. The topological polar surface area (TPSA) is 0 Å². The lowest BCUT2D eigenvalue weighted by Crippen LogP contribution is -2.33. The van der Waals surface area contributed by atoms with Crippen LogP contribution in [0, 0.1) is 17.5 Å². The first kappa shape index (κ1) is 13.4. The minimum Gasteiger partial charge on any atom is -0.206 e. The number of benzene rings is 1. The van der Waals surface area contributed by atoms with Gasteiger partial charge in [0, 0.05) is 0 Å². The van der Waals surface area contributed by atoms with Crippen molar-refractivity contribution in [2.75, 3.05) is 0 Å². The molecule has 16 heavy (non-hydrogen) atoms. The highest BCUT2D eigenvalue weighted by Crippen LogP contribution is 2.49. The second-order valence-corrected chi connectivity index (χ2v) is 4.12. The minimum atomic E-state index is -5.34. The SMILES string of the molecule is Fc1ccc(F)c(C(Cl)(Cl)C(F)(F)F)c1F. The third-order valence-electron chi connectivity index (χ3n) is 1.71. The summed E-state index contributed by atoms with van der Waals surface area (Å²) in [6, 6.07) is 0.632. The first-order valence-corrected chi connectivity index (χ1v) is 4.43. The molecule has 1 rings (SSSR count). The Morgan fingerprint density at radius 1 is 0.875 bits per heavy atom. The molecule has 0 aliphatic rings. The van der Waals surface area contributed by atoms with Crippen LogP contribution < -0.4 is 0 Å². The van der Waals surface area contributed by atoms with Crippen molar-refractivity contribution in [3.63, 3.8) is 0 Å². The molecule has 0 saturated heterocycles. The van der Waals surface area contributed by atoms with E-state index in [1.165, 1.54) is 0 Å². The largest absolute Gasteiger partial charge is 0.425 e. The second kappa shape index (κ2) is 4.00. The number of alkyl halides is 5. The zero-order chi connectivity index (χ0) is 12.7. The smallest absolute Gasteiger partial charge is 0.206 e. The molecule has 0 radical (unpaired) electrons. The van der Waals surface area contributed by atoms with Gasteiger partial charge in [-0.3, -0.25) is 0 Å². The van der Waals surface area contributed by atoms with Gasteiger partial charge in [-0.05, 0) is 12.1 Å². The number of rotatable bonds is 1. The van der Waals surface area contributed by atoms with Gasteiger partial charge in [0.1, 0.15) is 5.82 Å². The first-order valence-electron chi connectivity index (χ1n) is 3.67. The van der Waals surface area contributed by atoms with Crippen molar-refractivity contribution in [1.29, 1.82) is 0 Å². The number of hydrogen-bond donors (Lipinski definition) is 0. The molecule has 0 N–H and O–H groups in total. The summed E-state index contributed by atoms with van der Waals surface area (Å²) < 4.78 is 71.7. The van der Waals surface area contributed by atoms with E-state index in [-0.39, 0.29) is 0 Å². The Hall–Kier alpha value is -0.620. The van der Waals surface area contributed by atoms with Gasteiger partial charge in [0.05, 0.1) is 5.56 Å². The third kappa shape index (κ3) is 2.08. The van der Waals surface area contributed by atoms with Gasteiger partial charge in [-0.1, -0.05) is 23.2 Å². The maximum absolute atomic E-state index is 13.0. The molecule has 0 bridgehead atoms. The summed E-state index contributed by atoms with van der Waals surface area (Å²) in [5.41, 5.74) is -1.77. The Morgan fingerprint density at radius 3 is 1.75 bits per heavy atom. The molecule has 0 aliphatic carbocycles. The molecule has 0 atom stereocenters. The fraction of sp³-hybridized carbons (Fsp3) is 0.250. The van der Waals surface area contributed by atoms with Gasteiger partial charge in [0.25, 0.3) is 0 Å². The molecule has 0 heterocycles. The Bertz CT molecular complexity index is 412. The predicted octanol–water partition coefficient (Wildman–Crippen LogP) is 4.30. The molecule has 0 spiro atoms. The Balaban J connectivity index is 3.50. The monoisotopic (exact) mass is 282 g/mol. The standard InChI is InChI=1S/C8H2Cl2F6/c9-7(10,8(14,15)16)5-3(11)1-2-4(12)6(5)13/h1-2H. The van der Waals surface area contributed by atoms with Crippen LogP contribution in [0.4, 0.5) is 26.3 Å². The molecule has 0 aromatic heterocycles. The van der Waals surface area contributed by atoms with E-state index in [9.17, 15) is 26.3 Å².